The van der Waals surface area contributed by atoms with Crippen LogP contribution in [-0.2, 0) is 10.8 Å². The van der Waals surface area contributed by atoms with E-state index in [0.717, 1.165) is 11.4 Å². The zero-order valence-corrected chi connectivity index (χ0v) is 29.8. The molecule has 0 fully saturated rings. The third kappa shape index (κ3) is 4.02. The van der Waals surface area contributed by atoms with Crippen LogP contribution in [-0.4, -0.2) is 0 Å². The first kappa shape index (κ1) is 30.2. The number of fused-ring (bicyclic) bond motifs is 13. The normalized spacial score (nSPS) is 16.3. The Kier molecular flexibility index (Phi) is 6.29. The first-order chi connectivity index (χ1) is 26.1. The summed E-state index contributed by atoms with van der Waals surface area (Å²) in [6.07, 6.45) is 0. The molecule has 1 spiro atoms. The lowest BCUT2D eigenvalue weighted by atomic mass is 9.70. The smallest absolute Gasteiger partial charge is 0.0726 e. The lowest BCUT2D eigenvalue weighted by molar-refractivity contribution is 0.660. The predicted molar refractivity (Wildman–Crippen MR) is 220 cm³/mol. The van der Waals surface area contributed by atoms with Gasteiger partial charge in [0.25, 0.3) is 0 Å². The highest BCUT2D eigenvalue weighted by atomic mass is 15.1. The van der Waals surface area contributed by atoms with Gasteiger partial charge in [0.2, 0.25) is 0 Å². The van der Waals surface area contributed by atoms with Crippen LogP contribution in [0.2, 0.25) is 0 Å². The van der Waals surface area contributed by atoms with E-state index in [-0.39, 0.29) is 5.41 Å². The van der Waals surface area contributed by atoms with E-state index in [1.165, 1.54) is 83.6 Å². The van der Waals surface area contributed by atoms with Crippen molar-refractivity contribution < 1.29 is 0 Å². The summed E-state index contributed by atoms with van der Waals surface area (Å²) in [5, 5.41) is 0. The van der Waals surface area contributed by atoms with Gasteiger partial charge in [0.15, 0.2) is 0 Å². The molecule has 11 rings (SSSR count). The molecule has 8 aromatic carbocycles. The standard InChI is InChI=1S/C52H37N/c1-51(2)44-24-12-9-20-39(44)41-30-28-36(32-48(41)51)53(35-18-7-4-8-19-35)37-29-31-42-40-21-10-13-25-45(40)52(49(42)33-37)46-26-14-11-22-43(46)50-38(23-15-27-47(50)52)34-16-5-3-6-17-34/h3-33H,1-2H3. The molecule has 0 heterocycles. The molecule has 53 heavy (non-hydrogen) atoms. The van der Waals surface area contributed by atoms with E-state index in [4.69, 9.17) is 0 Å². The van der Waals surface area contributed by atoms with Crippen molar-refractivity contribution in [3.8, 4) is 44.5 Å². The predicted octanol–water partition coefficient (Wildman–Crippen LogP) is 13.5. The average molecular weight is 676 g/mol. The monoisotopic (exact) mass is 675 g/mol. The van der Waals surface area contributed by atoms with Gasteiger partial charge in [-0.05, 0) is 114 Å². The minimum Gasteiger partial charge on any atom is -0.310 e. The molecule has 0 aliphatic heterocycles. The van der Waals surface area contributed by atoms with Crippen LogP contribution in [0.5, 0.6) is 0 Å². The van der Waals surface area contributed by atoms with E-state index >= 15 is 0 Å². The summed E-state index contributed by atoms with van der Waals surface area (Å²) in [5.41, 5.74) is 21.5. The van der Waals surface area contributed by atoms with Gasteiger partial charge in [-0.1, -0.05) is 166 Å². The Balaban J connectivity index is 1.17. The van der Waals surface area contributed by atoms with E-state index < -0.39 is 5.41 Å². The highest BCUT2D eigenvalue weighted by Gasteiger charge is 2.52. The molecule has 250 valence electrons. The number of nitrogens with zero attached hydrogens (tertiary/aromatic N) is 1. The number of hydrogen-bond donors (Lipinski definition) is 0. The van der Waals surface area contributed by atoms with Crippen molar-refractivity contribution >= 4 is 17.1 Å². The molecule has 1 nitrogen and oxygen atoms in total. The van der Waals surface area contributed by atoms with Gasteiger partial charge < -0.3 is 4.90 Å². The van der Waals surface area contributed by atoms with Crippen molar-refractivity contribution in [1.29, 1.82) is 0 Å². The van der Waals surface area contributed by atoms with Crippen LogP contribution in [0.15, 0.2) is 188 Å². The lowest BCUT2D eigenvalue weighted by Crippen LogP contribution is -2.26. The summed E-state index contributed by atoms with van der Waals surface area (Å²) in [7, 11) is 0. The van der Waals surface area contributed by atoms with Gasteiger partial charge >= 0.3 is 0 Å². The maximum absolute atomic E-state index is 2.50. The summed E-state index contributed by atoms with van der Waals surface area (Å²) >= 11 is 0. The fourth-order valence-electron chi connectivity index (χ4n) is 10.0. The molecule has 0 N–H and O–H groups in total. The second kappa shape index (κ2) is 11.0. The average Bonchev–Trinajstić information content (AvgIpc) is 3.77. The molecule has 0 amide bonds. The third-order valence-electron chi connectivity index (χ3n) is 12.3. The van der Waals surface area contributed by atoms with Gasteiger partial charge in [0.05, 0.1) is 5.41 Å². The number of benzene rings is 8. The van der Waals surface area contributed by atoms with Gasteiger partial charge in [0.1, 0.15) is 0 Å². The molecule has 3 aliphatic rings. The Labute approximate surface area is 311 Å². The van der Waals surface area contributed by atoms with Crippen LogP contribution in [0.25, 0.3) is 44.5 Å². The van der Waals surface area contributed by atoms with Crippen molar-refractivity contribution in [2.24, 2.45) is 0 Å². The number of para-hydroxylation sites is 1. The SMILES string of the molecule is CC1(C)c2ccccc2-c2ccc(N(c3ccccc3)c3ccc4c(c3)C3(c5ccccc5-4)c4ccccc4-c4c(-c5ccccc5)cccc43)cc21. The van der Waals surface area contributed by atoms with Crippen LogP contribution in [0.3, 0.4) is 0 Å². The van der Waals surface area contributed by atoms with Crippen LogP contribution in [0, 0.1) is 0 Å². The lowest BCUT2D eigenvalue weighted by Gasteiger charge is -2.32. The van der Waals surface area contributed by atoms with Gasteiger partial charge in [-0.3, -0.25) is 0 Å². The van der Waals surface area contributed by atoms with E-state index in [2.05, 4.69) is 207 Å². The van der Waals surface area contributed by atoms with Crippen LogP contribution >= 0.6 is 0 Å². The fraction of sp³-hybridized carbons (Fsp3) is 0.0769. The van der Waals surface area contributed by atoms with Crippen molar-refractivity contribution in [2.45, 2.75) is 24.7 Å². The summed E-state index contributed by atoms with van der Waals surface area (Å²) < 4.78 is 0. The van der Waals surface area contributed by atoms with Crippen LogP contribution in [0.1, 0.15) is 47.2 Å². The van der Waals surface area contributed by atoms with E-state index in [9.17, 15) is 0 Å². The molecule has 1 unspecified atom stereocenters. The summed E-state index contributed by atoms with van der Waals surface area (Å²) in [6, 6.07) is 70.1. The van der Waals surface area contributed by atoms with Crippen molar-refractivity contribution in [3.63, 3.8) is 0 Å². The van der Waals surface area contributed by atoms with Crippen LogP contribution in [0.4, 0.5) is 17.1 Å². The molecule has 0 aromatic heterocycles. The Morgan fingerprint density at radius 2 is 0.792 bits per heavy atom. The Morgan fingerprint density at radius 3 is 1.49 bits per heavy atom. The quantitative estimate of drug-likeness (QED) is 0.179. The highest BCUT2D eigenvalue weighted by molar-refractivity contribution is 6.00. The second-order valence-corrected chi connectivity index (χ2v) is 15.2. The minimum atomic E-state index is -0.456. The van der Waals surface area contributed by atoms with E-state index in [1.807, 2.05) is 0 Å². The van der Waals surface area contributed by atoms with Gasteiger partial charge in [-0.25, -0.2) is 0 Å². The summed E-state index contributed by atoms with van der Waals surface area (Å²) in [5.74, 6) is 0. The van der Waals surface area contributed by atoms with Crippen molar-refractivity contribution in [3.05, 3.63) is 221 Å². The molecule has 8 aromatic rings. The molecule has 3 aliphatic carbocycles. The first-order valence-corrected chi connectivity index (χ1v) is 18.7. The number of rotatable bonds is 4. The molecule has 0 saturated carbocycles. The molecule has 0 saturated heterocycles. The van der Waals surface area contributed by atoms with Gasteiger partial charge in [0, 0.05) is 22.5 Å². The minimum absolute atomic E-state index is 0.0956. The zero-order chi connectivity index (χ0) is 35.3. The topological polar surface area (TPSA) is 3.24 Å². The Hall–Kier alpha value is -6.44. The molecule has 0 radical (unpaired) electrons. The maximum atomic E-state index is 2.50. The maximum Gasteiger partial charge on any atom is 0.0726 e. The van der Waals surface area contributed by atoms with E-state index in [1.54, 1.807) is 0 Å². The summed E-state index contributed by atoms with van der Waals surface area (Å²) in [4.78, 5) is 2.46. The Bertz CT molecular complexity index is 2760. The highest BCUT2D eigenvalue weighted by Crippen LogP contribution is 2.64. The molecule has 1 heteroatoms. The van der Waals surface area contributed by atoms with Crippen molar-refractivity contribution in [1.82, 2.24) is 0 Å². The first-order valence-electron chi connectivity index (χ1n) is 18.7. The number of hydrogen-bond acceptors (Lipinski definition) is 1. The molecular formula is C52H37N. The number of anilines is 3. The molecular weight excluding hydrogens is 639 g/mol. The van der Waals surface area contributed by atoms with Gasteiger partial charge in [-0.15, -0.1) is 0 Å². The van der Waals surface area contributed by atoms with Crippen LogP contribution < -0.4 is 4.90 Å². The second-order valence-electron chi connectivity index (χ2n) is 15.2. The largest absolute Gasteiger partial charge is 0.310 e. The Morgan fingerprint density at radius 1 is 0.321 bits per heavy atom. The van der Waals surface area contributed by atoms with Crippen molar-refractivity contribution in [2.75, 3.05) is 4.90 Å². The van der Waals surface area contributed by atoms with Gasteiger partial charge in [-0.2, -0.15) is 0 Å². The fourth-order valence-corrected chi connectivity index (χ4v) is 10.0. The molecule has 1 atom stereocenters. The summed E-state index contributed by atoms with van der Waals surface area (Å²) in [6.45, 7) is 4.73. The molecule has 0 bridgehead atoms. The third-order valence-corrected chi connectivity index (χ3v) is 12.3. The van der Waals surface area contributed by atoms with E-state index in [0.29, 0.717) is 0 Å². The zero-order valence-electron chi connectivity index (χ0n) is 29.8.